The number of fused-ring (bicyclic) bond motifs is 1. The number of carbonyl (C=O) groups excluding carboxylic acids is 1. The van der Waals surface area contributed by atoms with Crippen molar-refractivity contribution in [2.45, 2.75) is 40.7 Å². The average molecular weight is 384 g/mol. The molecule has 28 heavy (non-hydrogen) atoms. The van der Waals surface area contributed by atoms with E-state index in [1.165, 1.54) is 21.6 Å². The summed E-state index contributed by atoms with van der Waals surface area (Å²) >= 11 is 0. The van der Waals surface area contributed by atoms with Crippen molar-refractivity contribution in [2.75, 3.05) is 31.6 Å². The summed E-state index contributed by atoms with van der Waals surface area (Å²) in [5.41, 5.74) is 5.73. The quantitative estimate of drug-likeness (QED) is 0.773. The van der Waals surface area contributed by atoms with Gasteiger partial charge in [-0.2, -0.15) is 0 Å². The van der Waals surface area contributed by atoms with Crippen LogP contribution in [0.1, 0.15) is 36.1 Å². The Kier molecular flexibility index (Phi) is 6.57. The van der Waals surface area contributed by atoms with Crippen LogP contribution in [0, 0.1) is 13.8 Å². The SMILES string of the molecule is CCOc1cc2c(cc1OCC)C[NH+](CC(=O)Nc1ccc(C)cc1C)CC2. The maximum absolute atomic E-state index is 12.6. The maximum Gasteiger partial charge on any atom is 0.279 e. The van der Waals surface area contributed by atoms with E-state index >= 15 is 0 Å². The van der Waals surface area contributed by atoms with Gasteiger partial charge in [0.25, 0.3) is 5.91 Å². The fourth-order valence-electron chi connectivity index (χ4n) is 3.77. The smallest absolute Gasteiger partial charge is 0.279 e. The number of ether oxygens (including phenoxy) is 2. The molecule has 0 saturated carbocycles. The molecule has 2 aromatic carbocycles. The molecule has 2 aromatic rings. The number of benzene rings is 2. The van der Waals surface area contributed by atoms with Gasteiger partial charge in [0.1, 0.15) is 6.54 Å². The number of aryl methyl sites for hydroxylation is 2. The summed E-state index contributed by atoms with van der Waals surface area (Å²) < 4.78 is 11.5. The van der Waals surface area contributed by atoms with Gasteiger partial charge in [-0.15, -0.1) is 0 Å². The minimum Gasteiger partial charge on any atom is -0.490 e. The summed E-state index contributed by atoms with van der Waals surface area (Å²) in [5.74, 6) is 1.67. The molecule has 1 atom stereocenters. The summed E-state index contributed by atoms with van der Waals surface area (Å²) in [5, 5.41) is 3.06. The fraction of sp³-hybridized carbons (Fsp3) is 0.435. The third-order valence-electron chi connectivity index (χ3n) is 5.12. The third kappa shape index (κ3) is 4.84. The predicted molar refractivity (Wildman–Crippen MR) is 111 cm³/mol. The van der Waals surface area contributed by atoms with Gasteiger partial charge in [-0.3, -0.25) is 4.79 Å². The predicted octanol–water partition coefficient (Wildman–Crippen LogP) is 2.68. The lowest BCUT2D eigenvalue weighted by molar-refractivity contribution is -0.907. The number of anilines is 1. The molecule has 0 bridgehead atoms. The Bertz CT molecular complexity index is 848. The van der Waals surface area contributed by atoms with Gasteiger partial charge in [0.15, 0.2) is 18.0 Å². The first-order chi connectivity index (χ1) is 13.5. The van der Waals surface area contributed by atoms with E-state index in [0.717, 1.165) is 42.3 Å². The van der Waals surface area contributed by atoms with Gasteiger partial charge in [0.05, 0.1) is 19.8 Å². The van der Waals surface area contributed by atoms with Gasteiger partial charge in [0.2, 0.25) is 0 Å². The van der Waals surface area contributed by atoms with Crippen LogP contribution < -0.4 is 19.7 Å². The van der Waals surface area contributed by atoms with Crippen molar-refractivity contribution in [3.05, 3.63) is 52.6 Å². The highest BCUT2D eigenvalue weighted by atomic mass is 16.5. The maximum atomic E-state index is 12.6. The summed E-state index contributed by atoms with van der Waals surface area (Å²) in [4.78, 5) is 13.8. The number of carbonyl (C=O) groups is 1. The fourth-order valence-corrected chi connectivity index (χ4v) is 3.77. The number of hydrogen-bond donors (Lipinski definition) is 2. The largest absolute Gasteiger partial charge is 0.490 e. The highest BCUT2D eigenvalue weighted by Gasteiger charge is 2.24. The number of nitrogens with one attached hydrogen (secondary N) is 2. The zero-order valence-electron chi connectivity index (χ0n) is 17.4. The summed E-state index contributed by atoms with van der Waals surface area (Å²) in [6, 6.07) is 10.3. The van der Waals surface area contributed by atoms with E-state index in [0.29, 0.717) is 19.8 Å². The summed E-state index contributed by atoms with van der Waals surface area (Å²) in [7, 11) is 0. The monoisotopic (exact) mass is 383 g/mol. The van der Waals surface area contributed by atoms with Crippen LogP contribution in [0.15, 0.2) is 30.3 Å². The molecule has 1 heterocycles. The van der Waals surface area contributed by atoms with Gasteiger partial charge < -0.3 is 19.7 Å². The lowest BCUT2D eigenvalue weighted by atomic mass is 9.98. The molecule has 0 aromatic heterocycles. The Labute approximate surface area is 167 Å². The minimum absolute atomic E-state index is 0.0568. The van der Waals surface area contributed by atoms with Crippen LogP contribution in [0.3, 0.4) is 0 Å². The third-order valence-corrected chi connectivity index (χ3v) is 5.12. The molecule has 5 nitrogen and oxygen atoms in total. The van der Waals surface area contributed by atoms with Crippen LogP contribution in [0.25, 0.3) is 0 Å². The van der Waals surface area contributed by atoms with Crippen LogP contribution in [0.5, 0.6) is 11.5 Å². The Morgan fingerprint density at radius 3 is 2.36 bits per heavy atom. The molecule has 1 aliphatic rings. The lowest BCUT2D eigenvalue weighted by Crippen LogP contribution is -3.12. The van der Waals surface area contributed by atoms with Crippen LogP contribution in [-0.4, -0.2) is 32.2 Å². The molecule has 0 radical (unpaired) electrons. The Hall–Kier alpha value is -2.53. The topological polar surface area (TPSA) is 52.0 Å². The number of hydrogen-bond acceptors (Lipinski definition) is 3. The highest BCUT2D eigenvalue weighted by molar-refractivity contribution is 5.92. The van der Waals surface area contributed by atoms with E-state index < -0.39 is 0 Å². The van der Waals surface area contributed by atoms with Crippen LogP contribution >= 0.6 is 0 Å². The molecular weight excluding hydrogens is 352 g/mol. The zero-order valence-corrected chi connectivity index (χ0v) is 17.4. The van der Waals surface area contributed by atoms with Crippen molar-refractivity contribution in [2.24, 2.45) is 0 Å². The van der Waals surface area contributed by atoms with E-state index in [9.17, 15) is 4.79 Å². The second-order valence-electron chi connectivity index (χ2n) is 7.40. The molecular formula is C23H31N2O3+. The van der Waals surface area contributed by atoms with E-state index in [2.05, 4.69) is 30.4 Å². The van der Waals surface area contributed by atoms with Crippen molar-refractivity contribution in [3.8, 4) is 11.5 Å². The Morgan fingerprint density at radius 2 is 1.71 bits per heavy atom. The second-order valence-corrected chi connectivity index (χ2v) is 7.40. The molecule has 1 aliphatic heterocycles. The van der Waals surface area contributed by atoms with Gasteiger partial charge >= 0.3 is 0 Å². The van der Waals surface area contributed by atoms with Gasteiger partial charge in [-0.05, 0) is 57.0 Å². The second kappa shape index (κ2) is 9.11. The van der Waals surface area contributed by atoms with Crippen LogP contribution in [-0.2, 0) is 17.8 Å². The normalized spacial score (nSPS) is 15.6. The van der Waals surface area contributed by atoms with E-state index in [-0.39, 0.29) is 5.91 Å². The number of rotatable bonds is 7. The van der Waals surface area contributed by atoms with Gasteiger partial charge in [-0.25, -0.2) is 0 Å². The van der Waals surface area contributed by atoms with Crippen molar-refractivity contribution in [1.82, 2.24) is 0 Å². The first-order valence-corrected chi connectivity index (χ1v) is 10.1. The minimum atomic E-state index is 0.0568. The van der Waals surface area contributed by atoms with E-state index in [1.54, 1.807) is 0 Å². The van der Waals surface area contributed by atoms with E-state index in [1.807, 2.05) is 32.9 Å². The molecule has 0 spiro atoms. The summed E-state index contributed by atoms with van der Waals surface area (Å²) in [6.07, 6.45) is 0.938. The summed E-state index contributed by atoms with van der Waals surface area (Å²) in [6.45, 7) is 11.5. The Morgan fingerprint density at radius 1 is 1.04 bits per heavy atom. The van der Waals surface area contributed by atoms with Crippen molar-refractivity contribution in [1.29, 1.82) is 0 Å². The first kappa shape index (κ1) is 20.2. The molecule has 1 amide bonds. The van der Waals surface area contributed by atoms with Crippen molar-refractivity contribution in [3.63, 3.8) is 0 Å². The van der Waals surface area contributed by atoms with Crippen molar-refractivity contribution < 1.29 is 19.2 Å². The molecule has 1 unspecified atom stereocenters. The molecule has 0 aliphatic carbocycles. The Balaban J connectivity index is 1.67. The molecule has 5 heteroatoms. The van der Waals surface area contributed by atoms with Gasteiger partial charge in [-0.1, -0.05) is 17.7 Å². The van der Waals surface area contributed by atoms with Crippen LogP contribution in [0.2, 0.25) is 0 Å². The standard InChI is InChI=1S/C23H30N2O3/c1-5-27-21-12-18-9-10-25(14-19(18)13-22(21)28-6-2)15-23(26)24-20-8-7-16(3)11-17(20)4/h7-8,11-13H,5-6,9-10,14-15H2,1-4H3,(H,24,26)/p+1. The van der Waals surface area contributed by atoms with Crippen molar-refractivity contribution >= 4 is 11.6 Å². The number of amides is 1. The molecule has 0 fully saturated rings. The molecule has 150 valence electrons. The highest BCUT2D eigenvalue weighted by Crippen LogP contribution is 2.32. The zero-order chi connectivity index (χ0) is 20.1. The van der Waals surface area contributed by atoms with E-state index in [4.69, 9.17) is 9.47 Å². The molecule has 3 rings (SSSR count). The first-order valence-electron chi connectivity index (χ1n) is 10.1. The average Bonchev–Trinajstić information content (AvgIpc) is 2.65. The number of quaternary nitrogens is 1. The van der Waals surface area contributed by atoms with Crippen LogP contribution in [0.4, 0.5) is 5.69 Å². The molecule has 0 saturated heterocycles. The molecule has 2 N–H and O–H groups in total. The van der Waals surface area contributed by atoms with Gasteiger partial charge in [0, 0.05) is 17.7 Å². The lowest BCUT2D eigenvalue weighted by Gasteiger charge is -2.26.